The Labute approximate surface area is 325 Å². The lowest BCUT2D eigenvalue weighted by atomic mass is 10.0. The minimum absolute atomic E-state index is 0.607. The highest BCUT2D eigenvalue weighted by Crippen LogP contribution is 2.40. The molecule has 6 nitrogen and oxygen atoms in total. The second-order valence-electron chi connectivity index (χ2n) is 14.4. The van der Waals surface area contributed by atoms with Gasteiger partial charge in [0.15, 0.2) is 23.1 Å². The molecule has 12 aromatic rings. The van der Waals surface area contributed by atoms with E-state index in [-0.39, 0.29) is 0 Å². The van der Waals surface area contributed by atoms with E-state index >= 15 is 0 Å². The van der Waals surface area contributed by atoms with Gasteiger partial charge in [-0.1, -0.05) is 121 Å². The first kappa shape index (κ1) is 31.5. The molecular weight excluding hydrogens is 701 g/mol. The normalized spacial score (nSPS) is 11.9. The van der Waals surface area contributed by atoms with Gasteiger partial charge < -0.3 is 13.4 Å². The number of benzene rings is 8. The number of aromatic nitrogens is 4. The van der Waals surface area contributed by atoms with Crippen LogP contribution in [0.3, 0.4) is 0 Å². The van der Waals surface area contributed by atoms with E-state index in [0.717, 1.165) is 88.4 Å². The fourth-order valence-electron chi connectivity index (χ4n) is 8.35. The molecule has 12 rings (SSSR count). The van der Waals surface area contributed by atoms with Gasteiger partial charge in [-0.2, -0.15) is 0 Å². The average molecular weight is 731 g/mol. The van der Waals surface area contributed by atoms with Crippen LogP contribution in [-0.2, 0) is 0 Å². The molecule has 0 saturated heterocycles. The molecule has 0 radical (unpaired) electrons. The van der Waals surface area contributed by atoms with Crippen molar-refractivity contribution in [1.29, 1.82) is 0 Å². The third-order valence-electron chi connectivity index (χ3n) is 11.1. The summed E-state index contributed by atoms with van der Waals surface area (Å²) >= 11 is 0. The fraction of sp³-hybridized carbons (Fsp3) is 0. The summed E-state index contributed by atoms with van der Waals surface area (Å²) in [7, 11) is 0. The van der Waals surface area contributed by atoms with Crippen LogP contribution in [0.25, 0.3) is 117 Å². The fourth-order valence-corrected chi connectivity index (χ4v) is 8.35. The first-order chi connectivity index (χ1) is 28.2. The third-order valence-corrected chi connectivity index (χ3v) is 11.1. The Morgan fingerprint density at radius 2 is 0.825 bits per heavy atom. The molecule has 4 aromatic heterocycles. The van der Waals surface area contributed by atoms with Crippen LogP contribution in [0.5, 0.6) is 0 Å². The van der Waals surface area contributed by atoms with E-state index in [2.05, 4.69) is 114 Å². The molecule has 0 aliphatic carbocycles. The van der Waals surface area contributed by atoms with Gasteiger partial charge in [-0.15, -0.1) is 0 Å². The number of hydrogen-bond donors (Lipinski definition) is 0. The maximum atomic E-state index is 6.77. The predicted molar refractivity (Wildman–Crippen MR) is 230 cm³/mol. The van der Waals surface area contributed by atoms with Crippen molar-refractivity contribution in [3.63, 3.8) is 0 Å². The topological polar surface area (TPSA) is 69.9 Å². The summed E-state index contributed by atoms with van der Waals surface area (Å²) < 4.78 is 15.6. The van der Waals surface area contributed by atoms with Gasteiger partial charge in [0.25, 0.3) is 0 Å². The summed E-state index contributed by atoms with van der Waals surface area (Å²) in [6.45, 7) is 0. The van der Waals surface area contributed by atoms with Crippen LogP contribution in [-0.4, -0.2) is 19.5 Å². The summed E-state index contributed by atoms with van der Waals surface area (Å²) in [6.07, 6.45) is 0. The molecule has 0 amide bonds. The Kier molecular flexibility index (Phi) is 6.83. The Bertz CT molecular complexity index is 3410. The highest BCUT2D eigenvalue weighted by Gasteiger charge is 2.19. The SMILES string of the molecule is c1ccc(-c2nc(-c3ccccc3)nc(-c3ccc4oc5cc(-c6ccc7c(c6)oc6c(-n8c9ccccc9c9ccccc98)cccc67)ccc5c4c3)n2)cc1. The summed E-state index contributed by atoms with van der Waals surface area (Å²) in [5, 5.41) is 6.64. The van der Waals surface area contributed by atoms with Crippen LogP contribution in [0.1, 0.15) is 0 Å². The van der Waals surface area contributed by atoms with Crippen molar-refractivity contribution in [2.24, 2.45) is 0 Å². The smallest absolute Gasteiger partial charge is 0.164 e. The Morgan fingerprint density at radius 1 is 0.316 bits per heavy atom. The first-order valence-corrected chi connectivity index (χ1v) is 19.0. The molecule has 0 aliphatic heterocycles. The number of hydrogen-bond acceptors (Lipinski definition) is 5. The highest BCUT2D eigenvalue weighted by atomic mass is 16.3. The van der Waals surface area contributed by atoms with Crippen LogP contribution in [0.15, 0.2) is 191 Å². The number of nitrogens with zero attached hydrogens (tertiary/aromatic N) is 4. The minimum Gasteiger partial charge on any atom is -0.456 e. The van der Waals surface area contributed by atoms with Crippen LogP contribution < -0.4 is 0 Å². The van der Waals surface area contributed by atoms with Crippen molar-refractivity contribution in [1.82, 2.24) is 19.5 Å². The van der Waals surface area contributed by atoms with E-state index in [4.69, 9.17) is 23.8 Å². The molecule has 6 heteroatoms. The second kappa shape index (κ2) is 12.3. The molecule has 57 heavy (non-hydrogen) atoms. The molecule has 0 N–H and O–H groups in total. The lowest BCUT2D eigenvalue weighted by molar-refractivity contribution is 0.666. The van der Waals surface area contributed by atoms with Crippen molar-refractivity contribution in [3.05, 3.63) is 182 Å². The number of furan rings is 2. The quantitative estimate of drug-likeness (QED) is 0.176. The van der Waals surface area contributed by atoms with E-state index in [1.807, 2.05) is 72.8 Å². The largest absolute Gasteiger partial charge is 0.456 e. The van der Waals surface area contributed by atoms with E-state index in [0.29, 0.717) is 17.5 Å². The zero-order chi connectivity index (χ0) is 37.5. The van der Waals surface area contributed by atoms with Crippen molar-refractivity contribution in [2.75, 3.05) is 0 Å². The first-order valence-electron chi connectivity index (χ1n) is 19.0. The van der Waals surface area contributed by atoms with Crippen LogP contribution in [0, 0.1) is 0 Å². The van der Waals surface area contributed by atoms with E-state index in [9.17, 15) is 0 Å². The molecule has 0 bridgehead atoms. The van der Waals surface area contributed by atoms with Gasteiger partial charge in [-0.25, -0.2) is 15.0 Å². The molecule has 0 unspecified atom stereocenters. The maximum absolute atomic E-state index is 6.77. The van der Waals surface area contributed by atoms with E-state index in [1.54, 1.807) is 0 Å². The van der Waals surface area contributed by atoms with Crippen LogP contribution >= 0.6 is 0 Å². The predicted octanol–water partition coefficient (Wildman–Crippen LogP) is 13.4. The zero-order valence-electron chi connectivity index (χ0n) is 30.4. The highest BCUT2D eigenvalue weighted by molar-refractivity contribution is 6.13. The summed E-state index contributed by atoms with van der Waals surface area (Å²) in [5.74, 6) is 1.87. The van der Waals surface area contributed by atoms with Crippen LogP contribution in [0.4, 0.5) is 0 Å². The second-order valence-corrected chi connectivity index (χ2v) is 14.4. The third kappa shape index (κ3) is 5.01. The van der Waals surface area contributed by atoms with Crippen molar-refractivity contribution >= 4 is 65.7 Å². The molecule has 0 saturated carbocycles. The minimum atomic E-state index is 0.607. The van der Waals surface area contributed by atoms with Gasteiger partial charge in [-0.3, -0.25) is 0 Å². The van der Waals surface area contributed by atoms with Gasteiger partial charge in [0.05, 0.1) is 16.7 Å². The summed E-state index contributed by atoms with van der Waals surface area (Å²) in [6, 6.07) is 62.7. The molecule has 0 aliphatic rings. The number of para-hydroxylation sites is 3. The van der Waals surface area contributed by atoms with Gasteiger partial charge in [0.2, 0.25) is 0 Å². The lowest BCUT2D eigenvalue weighted by Gasteiger charge is -2.08. The van der Waals surface area contributed by atoms with Gasteiger partial charge in [0.1, 0.15) is 16.7 Å². The van der Waals surface area contributed by atoms with Crippen molar-refractivity contribution in [2.45, 2.75) is 0 Å². The standard InChI is InChI=1S/C51H30N4O2/c1-3-12-31(13-4-1)49-52-50(32-14-5-2-6-15-32)54-51(53-49)35-24-27-45-41(28-35)39-26-23-33(29-46(39)56-45)34-22-25-38-40-18-11-21-44(48(40)57-47(38)30-34)55-42-19-9-7-16-36(42)37-17-8-10-20-43(37)55/h1-30H. The Morgan fingerprint density at radius 3 is 1.46 bits per heavy atom. The zero-order valence-corrected chi connectivity index (χ0v) is 30.4. The molecule has 0 spiro atoms. The van der Waals surface area contributed by atoms with Gasteiger partial charge in [0, 0.05) is 49.0 Å². The molecule has 8 aromatic carbocycles. The number of rotatable bonds is 5. The molecule has 266 valence electrons. The molecule has 0 atom stereocenters. The Hall–Kier alpha value is -7.83. The molecular formula is C51H30N4O2. The Balaban J connectivity index is 0.946. The van der Waals surface area contributed by atoms with Gasteiger partial charge >= 0.3 is 0 Å². The lowest BCUT2D eigenvalue weighted by Crippen LogP contribution is -2.00. The average Bonchev–Trinajstić information content (AvgIpc) is 3.95. The van der Waals surface area contributed by atoms with Crippen molar-refractivity contribution < 1.29 is 8.83 Å². The number of fused-ring (bicyclic) bond motifs is 9. The monoisotopic (exact) mass is 730 g/mol. The summed E-state index contributed by atoms with van der Waals surface area (Å²) in [5.41, 5.74) is 11.5. The van der Waals surface area contributed by atoms with E-state index < -0.39 is 0 Å². The van der Waals surface area contributed by atoms with Gasteiger partial charge in [-0.05, 0) is 71.8 Å². The van der Waals surface area contributed by atoms with E-state index in [1.165, 1.54) is 10.8 Å². The summed E-state index contributed by atoms with van der Waals surface area (Å²) in [4.78, 5) is 14.8. The van der Waals surface area contributed by atoms with Crippen LogP contribution in [0.2, 0.25) is 0 Å². The molecule has 0 fully saturated rings. The molecule has 4 heterocycles. The van der Waals surface area contributed by atoms with Crippen molar-refractivity contribution in [3.8, 4) is 51.0 Å². The maximum Gasteiger partial charge on any atom is 0.164 e.